The number of hydrogen-bond donors (Lipinski definition) is 0. The Morgan fingerprint density at radius 2 is 1.78 bits per heavy atom. The first-order valence-electron chi connectivity index (χ1n) is 8.28. The van der Waals surface area contributed by atoms with E-state index in [9.17, 15) is 4.79 Å². The summed E-state index contributed by atoms with van der Waals surface area (Å²) in [5, 5.41) is 0.914. The van der Waals surface area contributed by atoms with Crippen LogP contribution in [0.25, 0.3) is 11.0 Å². The largest absolute Gasteiger partial charge is 0.298 e. The molecule has 3 unspecified atom stereocenters. The summed E-state index contributed by atoms with van der Waals surface area (Å²) < 4.78 is 0. The van der Waals surface area contributed by atoms with Gasteiger partial charge in [-0.1, -0.05) is 44.7 Å². The quantitative estimate of drug-likeness (QED) is 0.819. The molecule has 4 heteroatoms. The molecular weight excluding hydrogens is 304 g/mol. The van der Waals surface area contributed by atoms with Gasteiger partial charge in [-0.2, -0.15) is 0 Å². The number of rotatable bonds is 2. The molecule has 3 nitrogen and oxygen atoms in total. The topological polar surface area (TPSA) is 42.9 Å². The average molecular weight is 326 g/mol. The number of ketones is 1. The van der Waals surface area contributed by atoms with Crippen LogP contribution >= 0.6 is 11.8 Å². The van der Waals surface area contributed by atoms with Crippen LogP contribution < -0.4 is 0 Å². The Morgan fingerprint density at radius 3 is 2.39 bits per heavy atom. The van der Waals surface area contributed by atoms with Crippen molar-refractivity contribution in [2.45, 2.75) is 50.8 Å². The highest BCUT2D eigenvalue weighted by Crippen LogP contribution is 2.67. The highest BCUT2D eigenvalue weighted by Gasteiger charge is 2.66. The zero-order chi connectivity index (χ0) is 16.4. The number of para-hydroxylation sites is 2. The number of carbonyl (C=O) groups is 1. The Hall–Kier alpha value is -1.42. The van der Waals surface area contributed by atoms with Gasteiger partial charge in [0.25, 0.3) is 0 Å². The zero-order valence-corrected chi connectivity index (χ0v) is 14.9. The Morgan fingerprint density at radius 1 is 1.13 bits per heavy atom. The number of carbonyl (C=O) groups excluding carboxylic acids is 1. The number of nitrogens with zero attached hydrogens (tertiary/aromatic N) is 2. The number of fused-ring (bicyclic) bond motifs is 3. The second-order valence-corrected chi connectivity index (χ2v) is 8.83. The molecule has 2 aromatic rings. The summed E-state index contributed by atoms with van der Waals surface area (Å²) >= 11 is 1.64. The Kier molecular flexibility index (Phi) is 3.15. The van der Waals surface area contributed by atoms with Crippen molar-refractivity contribution in [2.24, 2.45) is 16.7 Å². The van der Waals surface area contributed by atoms with Gasteiger partial charge >= 0.3 is 0 Å². The summed E-state index contributed by atoms with van der Waals surface area (Å²) in [6.07, 6.45) is 2.18. The van der Waals surface area contributed by atoms with Gasteiger partial charge in [0.05, 0.1) is 22.0 Å². The van der Waals surface area contributed by atoms with Crippen LogP contribution in [0.1, 0.15) is 39.3 Å². The molecule has 1 aromatic heterocycles. The van der Waals surface area contributed by atoms with Crippen LogP contribution in [-0.4, -0.2) is 21.0 Å². The van der Waals surface area contributed by atoms with E-state index in [4.69, 9.17) is 4.98 Å². The van der Waals surface area contributed by atoms with E-state index in [1.165, 1.54) is 0 Å². The lowest BCUT2D eigenvalue weighted by Gasteiger charge is -2.37. The molecule has 0 saturated heterocycles. The summed E-state index contributed by atoms with van der Waals surface area (Å²) in [5.74, 6) is 0.627. The van der Waals surface area contributed by atoms with E-state index in [0.717, 1.165) is 34.6 Å². The standard InChI is InChI=1S/C19H22N2OS/c1-11-17(21-14-8-6-5-7-13(14)20-11)23-16-15(22)12-9-10-19(16,4)18(12,2)3/h5-8,12,16H,9-10H2,1-4H3. The molecule has 120 valence electrons. The summed E-state index contributed by atoms with van der Waals surface area (Å²) in [7, 11) is 0. The van der Waals surface area contributed by atoms with Crippen molar-refractivity contribution >= 4 is 28.6 Å². The molecule has 0 N–H and O–H groups in total. The first-order chi connectivity index (χ1) is 10.8. The third-order valence-electron chi connectivity index (χ3n) is 6.41. The Labute approximate surface area is 141 Å². The highest BCUT2D eigenvalue weighted by molar-refractivity contribution is 8.00. The molecule has 2 saturated carbocycles. The van der Waals surface area contributed by atoms with Gasteiger partial charge in [0.2, 0.25) is 0 Å². The lowest BCUT2D eigenvalue weighted by molar-refractivity contribution is -0.122. The number of aromatic nitrogens is 2. The van der Waals surface area contributed by atoms with Crippen LogP contribution in [0.15, 0.2) is 29.3 Å². The van der Waals surface area contributed by atoms with E-state index < -0.39 is 0 Å². The summed E-state index contributed by atoms with van der Waals surface area (Å²) in [6, 6.07) is 7.93. The zero-order valence-electron chi connectivity index (χ0n) is 14.1. The summed E-state index contributed by atoms with van der Waals surface area (Å²) in [6.45, 7) is 8.82. The second-order valence-electron chi connectivity index (χ2n) is 7.73. The minimum atomic E-state index is 0.00501. The molecule has 1 aromatic carbocycles. The van der Waals surface area contributed by atoms with Gasteiger partial charge in [0, 0.05) is 5.92 Å². The predicted molar refractivity (Wildman–Crippen MR) is 93.5 cm³/mol. The van der Waals surface area contributed by atoms with Crippen LogP contribution in [0, 0.1) is 23.7 Å². The molecule has 2 bridgehead atoms. The van der Waals surface area contributed by atoms with Gasteiger partial charge < -0.3 is 0 Å². The van der Waals surface area contributed by atoms with Crippen molar-refractivity contribution in [1.82, 2.24) is 9.97 Å². The first-order valence-corrected chi connectivity index (χ1v) is 9.16. The number of aryl methyl sites for hydroxylation is 1. The van der Waals surface area contributed by atoms with Crippen LogP contribution in [-0.2, 0) is 4.79 Å². The minimum absolute atomic E-state index is 0.00501. The van der Waals surface area contributed by atoms with Gasteiger partial charge in [0.1, 0.15) is 10.8 Å². The fraction of sp³-hybridized carbons (Fsp3) is 0.526. The van der Waals surface area contributed by atoms with E-state index in [0.29, 0.717) is 5.78 Å². The van der Waals surface area contributed by atoms with Crippen molar-refractivity contribution in [3.63, 3.8) is 0 Å². The van der Waals surface area contributed by atoms with Gasteiger partial charge in [0.15, 0.2) is 0 Å². The van der Waals surface area contributed by atoms with Gasteiger partial charge in [-0.15, -0.1) is 0 Å². The number of Topliss-reactive ketones (excluding diaryl/α,β-unsaturated/α-hetero) is 1. The van der Waals surface area contributed by atoms with E-state index in [1.54, 1.807) is 11.8 Å². The highest BCUT2D eigenvalue weighted by atomic mass is 32.2. The van der Waals surface area contributed by atoms with E-state index in [2.05, 4.69) is 25.8 Å². The molecule has 23 heavy (non-hydrogen) atoms. The molecule has 2 fully saturated rings. The maximum atomic E-state index is 12.9. The maximum Gasteiger partial charge on any atom is 0.150 e. The van der Waals surface area contributed by atoms with Gasteiger partial charge in [-0.25, -0.2) is 9.97 Å². The minimum Gasteiger partial charge on any atom is -0.298 e. The van der Waals surface area contributed by atoms with Gasteiger partial charge in [-0.05, 0) is 42.7 Å². The van der Waals surface area contributed by atoms with Crippen molar-refractivity contribution in [2.75, 3.05) is 0 Å². The lowest BCUT2D eigenvalue weighted by Crippen LogP contribution is -2.35. The van der Waals surface area contributed by atoms with Crippen molar-refractivity contribution in [1.29, 1.82) is 0 Å². The average Bonchev–Trinajstić information content (AvgIpc) is 2.81. The third kappa shape index (κ3) is 1.94. The number of thioether (sulfide) groups is 1. The Balaban J connectivity index is 1.74. The fourth-order valence-corrected chi connectivity index (χ4v) is 6.02. The molecule has 2 aliphatic rings. The molecule has 0 radical (unpaired) electrons. The van der Waals surface area contributed by atoms with Crippen molar-refractivity contribution < 1.29 is 4.79 Å². The number of benzene rings is 1. The molecule has 4 rings (SSSR count). The second kappa shape index (κ2) is 4.79. The molecule has 0 spiro atoms. The summed E-state index contributed by atoms with van der Waals surface area (Å²) in [5.41, 5.74) is 2.88. The van der Waals surface area contributed by atoms with Crippen LogP contribution in [0.5, 0.6) is 0 Å². The molecule has 0 amide bonds. The lowest BCUT2D eigenvalue weighted by atomic mass is 9.71. The van der Waals surface area contributed by atoms with E-state index in [1.807, 2.05) is 31.2 Å². The predicted octanol–water partition coefficient (Wildman–Crippen LogP) is 4.42. The third-order valence-corrected chi connectivity index (χ3v) is 8.01. The monoisotopic (exact) mass is 326 g/mol. The van der Waals surface area contributed by atoms with E-state index >= 15 is 0 Å². The Bertz CT molecular complexity index is 816. The molecule has 3 atom stereocenters. The van der Waals surface area contributed by atoms with Crippen LogP contribution in [0.4, 0.5) is 0 Å². The summed E-state index contributed by atoms with van der Waals surface area (Å²) in [4.78, 5) is 22.4. The smallest absolute Gasteiger partial charge is 0.150 e. The van der Waals surface area contributed by atoms with Crippen molar-refractivity contribution in [3.8, 4) is 0 Å². The van der Waals surface area contributed by atoms with Gasteiger partial charge in [-0.3, -0.25) is 4.79 Å². The normalized spacial score (nSPS) is 31.9. The van der Waals surface area contributed by atoms with Crippen LogP contribution in [0.2, 0.25) is 0 Å². The molecular formula is C19H22N2OS. The van der Waals surface area contributed by atoms with Crippen LogP contribution in [0.3, 0.4) is 0 Å². The SMILES string of the molecule is Cc1nc2ccccc2nc1SC1C(=O)C2CCC1(C)C2(C)C. The van der Waals surface area contributed by atoms with E-state index in [-0.39, 0.29) is 22.0 Å². The first kappa shape index (κ1) is 15.1. The maximum absolute atomic E-state index is 12.9. The molecule has 0 aliphatic heterocycles. The fourth-order valence-electron chi connectivity index (χ4n) is 4.47. The number of hydrogen-bond acceptors (Lipinski definition) is 4. The van der Waals surface area contributed by atoms with Crippen molar-refractivity contribution in [3.05, 3.63) is 30.0 Å². The molecule has 1 heterocycles. The molecule has 2 aliphatic carbocycles.